The minimum Gasteiger partial charge on any atom is -0.377 e. The van der Waals surface area contributed by atoms with Crippen LogP contribution >= 0.6 is 0 Å². The third-order valence-electron chi connectivity index (χ3n) is 2.86. The Morgan fingerprint density at radius 2 is 1.59 bits per heavy atom. The van der Waals surface area contributed by atoms with Crippen LogP contribution in [-0.4, -0.2) is 11.2 Å². The molecule has 1 N–H and O–H groups in total. The zero-order chi connectivity index (χ0) is 16.0. The van der Waals surface area contributed by atoms with Crippen molar-refractivity contribution in [2.24, 2.45) is 0 Å². The first-order valence-electron chi connectivity index (χ1n) is 6.56. The summed E-state index contributed by atoms with van der Waals surface area (Å²) in [6.45, 7) is 0. The lowest BCUT2D eigenvalue weighted by Gasteiger charge is -2.08. The summed E-state index contributed by atoms with van der Waals surface area (Å²) >= 11 is 0. The molecule has 1 unspecified atom stereocenters. The quantitative estimate of drug-likeness (QED) is 0.827. The molecule has 2 aromatic carbocycles. The fourth-order valence-electron chi connectivity index (χ4n) is 1.81. The van der Waals surface area contributed by atoms with Crippen LogP contribution in [0.1, 0.15) is 16.7 Å². The molecule has 1 atom stereocenters. The maximum atomic E-state index is 12.8. The number of aliphatic hydroxyl groups excluding tert-OH is 1. The van der Waals surface area contributed by atoms with Crippen LogP contribution in [0.2, 0.25) is 0 Å². The summed E-state index contributed by atoms with van der Waals surface area (Å²) in [5.74, 6) is 4.78. The first-order chi connectivity index (χ1) is 10.5. The van der Waals surface area contributed by atoms with Crippen LogP contribution in [0.5, 0.6) is 0 Å². The van der Waals surface area contributed by atoms with E-state index in [4.69, 9.17) is 0 Å². The molecule has 1 nitrogen and oxygen atoms in total. The van der Waals surface area contributed by atoms with Crippen molar-refractivity contribution < 1.29 is 18.3 Å². The normalized spacial score (nSPS) is 12.7. The number of hydrogen-bond donors (Lipinski definition) is 1. The molecular formula is C18H13F3O. The van der Waals surface area contributed by atoms with Gasteiger partial charge in [0.15, 0.2) is 0 Å². The van der Waals surface area contributed by atoms with Crippen LogP contribution in [0, 0.1) is 11.8 Å². The van der Waals surface area contributed by atoms with Crippen LogP contribution in [0.3, 0.4) is 0 Å². The van der Waals surface area contributed by atoms with Gasteiger partial charge in [-0.3, -0.25) is 0 Å². The highest BCUT2D eigenvalue weighted by Gasteiger charge is 2.32. The Balaban J connectivity index is 2.15. The molecule has 0 bridgehead atoms. The smallest absolute Gasteiger partial charge is 0.377 e. The number of rotatable bonds is 2. The van der Waals surface area contributed by atoms with Gasteiger partial charge in [-0.2, -0.15) is 13.2 Å². The molecule has 112 valence electrons. The van der Waals surface area contributed by atoms with Crippen molar-refractivity contribution in [2.75, 3.05) is 0 Å². The average Bonchev–Trinajstić information content (AvgIpc) is 2.51. The van der Waals surface area contributed by atoms with E-state index in [-0.39, 0.29) is 5.56 Å². The van der Waals surface area contributed by atoms with E-state index in [1.807, 2.05) is 30.3 Å². The van der Waals surface area contributed by atoms with Gasteiger partial charge in [-0.15, -0.1) is 0 Å². The van der Waals surface area contributed by atoms with Gasteiger partial charge >= 0.3 is 6.18 Å². The minimum atomic E-state index is -4.46. The zero-order valence-corrected chi connectivity index (χ0v) is 11.5. The maximum Gasteiger partial charge on any atom is 0.417 e. The van der Waals surface area contributed by atoms with Crippen molar-refractivity contribution in [3.63, 3.8) is 0 Å². The zero-order valence-electron chi connectivity index (χ0n) is 11.5. The van der Waals surface area contributed by atoms with E-state index in [9.17, 15) is 18.3 Å². The van der Waals surface area contributed by atoms with Crippen LogP contribution in [0.25, 0.3) is 6.08 Å². The Hall–Kier alpha value is -2.51. The number of aliphatic hydroxyl groups is 1. The molecule has 0 aliphatic rings. The highest BCUT2D eigenvalue weighted by atomic mass is 19.4. The van der Waals surface area contributed by atoms with Crippen molar-refractivity contribution in [1.82, 2.24) is 0 Å². The fourth-order valence-corrected chi connectivity index (χ4v) is 1.81. The lowest BCUT2D eigenvalue weighted by atomic mass is 10.1. The van der Waals surface area contributed by atoms with E-state index >= 15 is 0 Å². The van der Waals surface area contributed by atoms with E-state index in [1.165, 1.54) is 24.3 Å². The Morgan fingerprint density at radius 1 is 0.955 bits per heavy atom. The summed E-state index contributed by atoms with van der Waals surface area (Å²) < 4.78 is 38.4. The molecule has 0 heterocycles. The van der Waals surface area contributed by atoms with Crippen LogP contribution in [0.15, 0.2) is 60.7 Å². The molecule has 2 aromatic rings. The van der Waals surface area contributed by atoms with Gasteiger partial charge < -0.3 is 5.11 Å². The molecule has 4 heteroatoms. The van der Waals surface area contributed by atoms with E-state index in [1.54, 1.807) is 6.08 Å². The summed E-state index contributed by atoms with van der Waals surface area (Å²) in [5.41, 5.74) is -0.0806. The van der Waals surface area contributed by atoms with Gasteiger partial charge in [0.1, 0.15) is 6.10 Å². The molecule has 2 rings (SSSR count). The molecule has 0 fully saturated rings. The van der Waals surface area contributed by atoms with E-state index in [2.05, 4.69) is 11.8 Å². The van der Waals surface area contributed by atoms with Crippen molar-refractivity contribution in [3.8, 4) is 11.8 Å². The third-order valence-corrected chi connectivity index (χ3v) is 2.86. The first kappa shape index (κ1) is 15.9. The maximum absolute atomic E-state index is 12.8. The molecule has 0 aliphatic carbocycles. The predicted octanol–water partition coefficient (Wildman–Crippen LogP) is 4.13. The van der Waals surface area contributed by atoms with Crippen molar-refractivity contribution >= 4 is 6.08 Å². The average molecular weight is 302 g/mol. The summed E-state index contributed by atoms with van der Waals surface area (Å²) in [5, 5.41) is 9.72. The van der Waals surface area contributed by atoms with Gasteiger partial charge in [-0.1, -0.05) is 60.4 Å². The van der Waals surface area contributed by atoms with Crippen molar-refractivity contribution in [2.45, 2.75) is 12.3 Å². The Morgan fingerprint density at radius 3 is 2.27 bits per heavy atom. The monoisotopic (exact) mass is 302 g/mol. The summed E-state index contributed by atoms with van der Waals surface area (Å²) in [6, 6.07) is 14.3. The molecule has 0 radical (unpaired) electrons. The molecule has 0 saturated heterocycles. The standard InChI is InChI=1S/C18H13F3O/c19-18(20,21)17-9-5-4-8-15(17)11-13-16(22)12-10-14-6-2-1-3-7-14/h1-10,12,16,22H/b12-10+. The lowest BCUT2D eigenvalue weighted by Crippen LogP contribution is -2.07. The van der Waals surface area contributed by atoms with E-state index in [0.717, 1.165) is 11.6 Å². The third kappa shape index (κ3) is 4.51. The molecule has 0 amide bonds. The lowest BCUT2D eigenvalue weighted by molar-refractivity contribution is -0.137. The second kappa shape index (κ2) is 6.97. The van der Waals surface area contributed by atoms with E-state index < -0.39 is 17.8 Å². The van der Waals surface area contributed by atoms with Gasteiger partial charge in [0.25, 0.3) is 0 Å². The fraction of sp³-hybridized carbons (Fsp3) is 0.111. The number of hydrogen-bond acceptors (Lipinski definition) is 1. The Labute approximate surface area is 126 Å². The van der Waals surface area contributed by atoms with Crippen LogP contribution < -0.4 is 0 Å². The van der Waals surface area contributed by atoms with Crippen molar-refractivity contribution in [3.05, 3.63) is 77.4 Å². The number of benzene rings is 2. The van der Waals surface area contributed by atoms with E-state index in [0.29, 0.717) is 0 Å². The van der Waals surface area contributed by atoms with Gasteiger partial charge in [0.2, 0.25) is 0 Å². The molecular weight excluding hydrogens is 289 g/mol. The summed E-state index contributed by atoms with van der Waals surface area (Å²) in [7, 11) is 0. The number of halogens is 3. The Bertz CT molecular complexity index is 706. The Kier molecular flexibility index (Phi) is 5.03. The van der Waals surface area contributed by atoms with Gasteiger partial charge in [0, 0.05) is 5.56 Å². The SMILES string of the molecule is OC(C#Cc1ccccc1C(F)(F)F)/C=C/c1ccccc1. The molecule has 0 aliphatic heterocycles. The van der Waals surface area contributed by atoms with Gasteiger partial charge in [0.05, 0.1) is 5.56 Å². The molecule has 0 spiro atoms. The van der Waals surface area contributed by atoms with Crippen molar-refractivity contribution in [1.29, 1.82) is 0 Å². The highest BCUT2D eigenvalue weighted by molar-refractivity contribution is 5.51. The molecule has 0 saturated carbocycles. The minimum absolute atomic E-state index is 0.151. The predicted molar refractivity (Wildman–Crippen MR) is 79.8 cm³/mol. The number of alkyl halides is 3. The largest absolute Gasteiger partial charge is 0.417 e. The molecule has 22 heavy (non-hydrogen) atoms. The molecule has 0 aromatic heterocycles. The summed E-state index contributed by atoms with van der Waals surface area (Å²) in [6.07, 6.45) is -2.51. The van der Waals surface area contributed by atoms with Gasteiger partial charge in [-0.05, 0) is 23.8 Å². The second-order valence-corrected chi connectivity index (χ2v) is 4.53. The highest BCUT2D eigenvalue weighted by Crippen LogP contribution is 2.31. The van der Waals surface area contributed by atoms with Crippen LogP contribution in [0.4, 0.5) is 13.2 Å². The van der Waals surface area contributed by atoms with Gasteiger partial charge in [-0.25, -0.2) is 0 Å². The summed E-state index contributed by atoms with van der Waals surface area (Å²) in [4.78, 5) is 0. The first-order valence-corrected chi connectivity index (χ1v) is 6.56. The topological polar surface area (TPSA) is 20.2 Å². The second-order valence-electron chi connectivity index (χ2n) is 4.53. The van der Waals surface area contributed by atoms with Crippen LogP contribution in [-0.2, 0) is 6.18 Å².